The van der Waals surface area contributed by atoms with E-state index in [2.05, 4.69) is 10.9 Å². The van der Waals surface area contributed by atoms with Gasteiger partial charge in [-0.25, -0.2) is 5.43 Å². The van der Waals surface area contributed by atoms with E-state index in [9.17, 15) is 0 Å². The van der Waals surface area contributed by atoms with Crippen molar-refractivity contribution < 1.29 is 9.47 Å². The second-order valence-electron chi connectivity index (χ2n) is 3.45. The number of hydrazine groups is 1. The highest BCUT2D eigenvalue weighted by Gasteiger charge is 2.12. The Labute approximate surface area is 83.9 Å². The molecule has 2 heterocycles. The van der Waals surface area contributed by atoms with Crippen molar-refractivity contribution in [1.29, 1.82) is 0 Å². The minimum Gasteiger partial charge on any atom is -0.497 e. The molecule has 2 N–H and O–H groups in total. The van der Waals surface area contributed by atoms with Crippen LogP contribution in [0.4, 0.5) is 0 Å². The molecule has 0 bridgehead atoms. The summed E-state index contributed by atoms with van der Waals surface area (Å²) >= 11 is 0. The molecule has 0 saturated carbocycles. The Balaban J connectivity index is 1.70. The molecule has 2 aliphatic rings. The van der Waals surface area contributed by atoms with Gasteiger partial charge in [-0.05, 0) is 25.0 Å². The largest absolute Gasteiger partial charge is 0.497 e. The van der Waals surface area contributed by atoms with E-state index < -0.39 is 0 Å². The Kier molecular flexibility index (Phi) is 3.43. The van der Waals surface area contributed by atoms with Gasteiger partial charge in [-0.1, -0.05) is 0 Å². The molecule has 0 radical (unpaired) electrons. The summed E-state index contributed by atoms with van der Waals surface area (Å²) in [7, 11) is 0. The normalized spacial score (nSPS) is 22.7. The van der Waals surface area contributed by atoms with Gasteiger partial charge in [0.05, 0.1) is 12.0 Å². The van der Waals surface area contributed by atoms with Crippen LogP contribution < -0.4 is 10.9 Å². The molecule has 4 heteroatoms. The predicted octanol–water partition coefficient (Wildman–Crippen LogP) is 0.687. The number of ether oxygens (including phenoxy) is 2. The fourth-order valence-corrected chi connectivity index (χ4v) is 1.50. The molecular formula is C10H16N2O2. The molecule has 1 fully saturated rings. The Morgan fingerprint density at radius 1 is 1.29 bits per heavy atom. The van der Waals surface area contributed by atoms with Gasteiger partial charge in [0.15, 0.2) is 0 Å². The minimum atomic E-state index is 0.515. The smallest absolute Gasteiger partial charge is 0.108 e. The third-order valence-electron chi connectivity index (χ3n) is 2.39. The van der Waals surface area contributed by atoms with Gasteiger partial charge in [-0.2, -0.15) is 0 Å². The highest BCUT2D eigenvalue weighted by molar-refractivity contribution is 5.17. The van der Waals surface area contributed by atoms with E-state index in [0.717, 1.165) is 31.8 Å². The van der Waals surface area contributed by atoms with Gasteiger partial charge in [-0.15, -0.1) is 0 Å². The van der Waals surface area contributed by atoms with Crippen LogP contribution in [0.1, 0.15) is 12.8 Å². The maximum Gasteiger partial charge on any atom is 0.108 e. The van der Waals surface area contributed by atoms with Crippen LogP contribution in [0, 0.1) is 0 Å². The molecular weight excluding hydrogens is 180 g/mol. The van der Waals surface area contributed by atoms with Crippen molar-refractivity contribution in [2.24, 2.45) is 0 Å². The van der Waals surface area contributed by atoms with E-state index in [4.69, 9.17) is 9.47 Å². The molecule has 14 heavy (non-hydrogen) atoms. The van der Waals surface area contributed by atoms with Crippen LogP contribution >= 0.6 is 0 Å². The van der Waals surface area contributed by atoms with Gasteiger partial charge in [0.1, 0.15) is 6.61 Å². The summed E-state index contributed by atoms with van der Waals surface area (Å²) in [5.41, 5.74) is 7.54. The van der Waals surface area contributed by atoms with Crippen LogP contribution in [0.5, 0.6) is 0 Å². The van der Waals surface area contributed by atoms with Gasteiger partial charge in [-0.3, -0.25) is 0 Å². The second kappa shape index (κ2) is 5.02. The van der Waals surface area contributed by atoms with Gasteiger partial charge in [0.25, 0.3) is 0 Å². The first-order chi connectivity index (χ1) is 6.95. The van der Waals surface area contributed by atoms with Crippen molar-refractivity contribution in [2.75, 3.05) is 19.8 Å². The molecule has 0 spiro atoms. The third kappa shape index (κ3) is 2.75. The lowest BCUT2D eigenvalue weighted by Gasteiger charge is -2.24. The van der Waals surface area contributed by atoms with Crippen LogP contribution in [-0.4, -0.2) is 25.9 Å². The fraction of sp³-hybridized carbons (Fsp3) is 0.600. The van der Waals surface area contributed by atoms with Crippen LogP contribution in [-0.2, 0) is 9.47 Å². The number of allylic oxidation sites excluding steroid dienone is 1. The SMILES string of the molecule is C1=CC(NNC2CCOCC2)=CCO1. The van der Waals surface area contributed by atoms with Crippen molar-refractivity contribution >= 4 is 0 Å². The van der Waals surface area contributed by atoms with Crippen molar-refractivity contribution in [3.05, 3.63) is 24.1 Å². The van der Waals surface area contributed by atoms with E-state index in [0.29, 0.717) is 12.6 Å². The van der Waals surface area contributed by atoms with Crippen molar-refractivity contribution in [3.63, 3.8) is 0 Å². The van der Waals surface area contributed by atoms with Gasteiger partial charge >= 0.3 is 0 Å². The average Bonchev–Trinajstić information content (AvgIpc) is 2.29. The molecule has 2 rings (SSSR count). The van der Waals surface area contributed by atoms with E-state index >= 15 is 0 Å². The summed E-state index contributed by atoms with van der Waals surface area (Å²) in [6, 6.07) is 0.515. The maximum atomic E-state index is 5.28. The van der Waals surface area contributed by atoms with Gasteiger partial charge in [0.2, 0.25) is 0 Å². The molecule has 2 aliphatic heterocycles. The van der Waals surface area contributed by atoms with Gasteiger partial charge in [0, 0.05) is 19.3 Å². The van der Waals surface area contributed by atoms with Crippen molar-refractivity contribution in [2.45, 2.75) is 18.9 Å². The summed E-state index contributed by atoms with van der Waals surface area (Å²) in [6.45, 7) is 2.36. The topological polar surface area (TPSA) is 42.5 Å². The zero-order valence-electron chi connectivity index (χ0n) is 8.16. The molecule has 0 aromatic heterocycles. The molecule has 1 saturated heterocycles. The molecule has 0 aliphatic carbocycles. The van der Waals surface area contributed by atoms with Crippen LogP contribution in [0.15, 0.2) is 24.1 Å². The Morgan fingerprint density at radius 2 is 2.14 bits per heavy atom. The monoisotopic (exact) mass is 196 g/mol. The lowest BCUT2D eigenvalue weighted by molar-refractivity contribution is 0.0753. The van der Waals surface area contributed by atoms with E-state index in [1.54, 1.807) is 6.26 Å². The standard InChI is InChI=1S/C10H16N2O2/c1-5-13-6-2-9(1)11-12-10-3-7-14-8-4-10/h1-2,5,10-12H,3-4,6-8H2. The first-order valence-corrected chi connectivity index (χ1v) is 5.03. The molecule has 0 aromatic carbocycles. The molecule has 0 atom stereocenters. The highest BCUT2D eigenvalue weighted by Crippen LogP contribution is 2.06. The van der Waals surface area contributed by atoms with E-state index in [1.165, 1.54) is 0 Å². The number of nitrogens with one attached hydrogen (secondary N) is 2. The number of hydrogen-bond acceptors (Lipinski definition) is 4. The van der Waals surface area contributed by atoms with E-state index in [-0.39, 0.29) is 0 Å². The Bertz CT molecular complexity index is 232. The number of rotatable bonds is 3. The Morgan fingerprint density at radius 3 is 2.86 bits per heavy atom. The lowest BCUT2D eigenvalue weighted by atomic mass is 10.1. The number of hydrogen-bond donors (Lipinski definition) is 2. The summed E-state index contributed by atoms with van der Waals surface area (Å²) in [5.74, 6) is 0. The molecule has 4 nitrogen and oxygen atoms in total. The summed E-state index contributed by atoms with van der Waals surface area (Å²) in [6.07, 6.45) is 7.76. The maximum absolute atomic E-state index is 5.28. The summed E-state index contributed by atoms with van der Waals surface area (Å²) in [5, 5.41) is 0. The summed E-state index contributed by atoms with van der Waals surface area (Å²) < 4.78 is 10.3. The second-order valence-corrected chi connectivity index (χ2v) is 3.45. The first kappa shape index (κ1) is 9.55. The van der Waals surface area contributed by atoms with Crippen LogP contribution in [0.25, 0.3) is 0 Å². The molecule has 0 aromatic rings. The third-order valence-corrected chi connectivity index (χ3v) is 2.39. The molecule has 0 unspecified atom stereocenters. The summed E-state index contributed by atoms with van der Waals surface area (Å²) in [4.78, 5) is 0. The first-order valence-electron chi connectivity index (χ1n) is 5.03. The minimum absolute atomic E-state index is 0.515. The lowest BCUT2D eigenvalue weighted by Crippen LogP contribution is -2.43. The van der Waals surface area contributed by atoms with Crippen LogP contribution in [0.3, 0.4) is 0 Å². The highest BCUT2D eigenvalue weighted by atomic mass is 16.5. The predicted molar refractivity (Wildman–Crippen MR) is 53.3 cm³/mol. The van der Waals surface area contributed by atoms with Gasteiger partial charge < -0.3 is 14.9 Å². The molecule has 78 valence electrons. The van der Waals surface area contributed by atoms with Crippen molar-refractivity contribution in [1.82, 2.24) is 10.9 Å². The zero-order valence-corrected chi connectivity index (χ0v) is 8.16. The molecule has 0 amide bonds. The Hall–Kier alpha value is -1.00. The average molecular weight is 196 g/mol. The van der Waals surface area contributed by atoms with Crippen molar-refractivity contribution in [3.8, 4) is 0 Å². The van der Waals surface area contributed by atoms with E-state index in [1.807, 2.05) is 12.2 Å². The van der Waals surface area contributed by atoms with Crippen LogP contribution in [0.2, 0.25) is 0 Å². The zero-order chi connectivity index (χ0) is 9.64. The fourth-order valence-electron chi connectivity index (χ4n) is 1.50. The quantitative estimate of drug-likeness (QED) is 0.652.